The Hall–Kier alpha value is -1.82. The van der Waals surface area contributed by atoms with Gasteiger partial charge in [0.1, 0.15) is 23.3 Å². The minimum absolute atomic E-state index is 0.0600. The molecule has 2 aromatic carbocycles. The third-order valence-electron chi connectivity index (χ3n) is 2.48. The van der Waals surface area contributed by atoms with Crippen LogP contribution in [0.3, 0.4) is 0 Å². The zero-order valence-electron chi connectivity index (χ0n) is 10.00. The van der Waals surface area contributed by atoms with E-state index in [4.69, 9.17) is 0 Å². The van der Waals surface area contributed by atoms with E-state index >= 15 is 0 Å². The van der Waals surface area contributed by atoms with Crippen molar-refractivity contribution in [1.82, 2.24) is 0 Å². The Morgan fingerprint density at radius 2 is 1.50 bits per heavy atom. The summed E-state index contributed by atoms with van der Waals surface area (Å²) in [5, 5.41) is 0. The van der Waals surface area contributed by atoms with Crippen LogP contribution in [-0.4, -0.2) is 11.5 Å². The second kappa shape index (κ2) is 6.09. The highest BCUT2D eigenvalue weighted by atomic mass is 32.2. The number of Topliss-reactive ketones (excluding diaryl/α,β-unsaturated/α-hetero) is 1. The number of carbonyl (C=O) groups excluding carboxylic acids is 1. The van der Waals surface area contributed by atoms with Crippen molar-refractivity contribution in [3.05, 3.63) is 65.2 Å². The van der Waals surface area contributed by atoms with Gasteiger partial charge in [-0.05, 0) is 36.4 Å². The molecule has 2 aromatic rings. The van der Waals surface area contributed by atoms with E-state index in [2.05, 4.69) is 0 Å². The van der Waals surface area contributed by atoms with Crippen LogP contribution in [0.15, 0.2) is 41.3 Å². The first-order valence-electron chi connectivity index (χ1n) is 5.53. The largest absolute Gasteiger partial charge is 0.293 e. The zero-order chi connectivity index (χ0) is 14.7. The minimum atomic E-state index is -0.850. The maximum Gasteiger partial charge on any atom is 0.176 e. The summed E-state index contributed by atoms with van der Waals surface area (Å²) in [4.78, 5) is 11.7. The highest BCUT2D eigenvalue weighted by molar-refractivity contribution is 8.00. The van der Waals surface area contributed by atoms with E-state index in [1.54, 1.807) is 0 Å². The maximum absolute atomic E-state index is 13.4. The number of carbonyl (C=O) groups is 1. The summed E-state index contributed by atoms with van der Waals surface area (Å²) in [5.41, 5.74) is -0.408. The lowest BCUT2D eigenvalue weighted by molar-refractivity contribution is 0.101. The fourth-order valence-electron chi connectivity index (χ4n) is 1.52. The van der Waals surface area contributed by atoms with Crippen molar-refractivity contribution < 1.29 is 22.4 Å². The van der Waals surface area contributed by atoms with Crippen LogP contribution in [-0.2, 0) is 0 Å². The molecule has 0 aromatic heterocycles. The minimum Gasteiger partial charge on any atom is -0.293 e. The highest BCUT2D eigenvalue weighted by Gasteiger charge is 2.14. The van der Waals surface area contributed by atoms with Crippen LogP contribution in [0.4, 0.5) is 17.6 Å². The summed E-state index contributed by atoms with van der Waals surface area (Å²) >= 11 is 0.725. The summed E-state index contributed by atoms with van der Waals surface area (Å²) in [7, 11) is 0. The van der Waals surface area contributed by atoms with Gasteiger partial charge in [0.15, 0.2) is 5.78 Å². The second-order valence-electron chi connectivity index (χ2n) is 3.91. The van der Waals surface area contributed by atoms with Crippen LogP contribution in [0.1, 0.15) is 10.4 Å². The van der Waals surface area contributed by atoms with E-state index < -0.39 is 34.6 Å². The molecule has 0 saturated carbocycles. The second-order valence-corrected chi connectivity index (χ2v) is 4.93. The molecule has 0 heterocycles. The predicted octanol–water partition coefficient (Wildman–Crippen LogP) is 4.22. The molecule has 0 aliphatic heterocycles. The van der Waals surface area contributed by atoms with E-state index in [0.717, 1.165) is 48.2 Å². The monoisotopic (exact) mass is 300 g/mol. The van der Waals surface area contributed by atoms with Gasteiger partial charge in [-0.25, -0.2) is 17.6 Å². The highest BCUT2D eigenvalue weighted by Crippen LogP contribution is 2.24. The van der Waals surface area contributed by atoms with E-state index in [1.807, 2.05) is 0 Å². The number of thioether (sulfide) groups is 1. The number of hydrogen-bond acceptors (Lipinski definition) is 2. The van der Waals surface area contributed by atoms with Crippen molar-refractivity contribution in [3.8, 4) is 0 Å². The van der Waals surface area contributed by atoms with Crippen molar-refractivity contribution in [2.24, 2.45) is 0 Å². The van der Waals surface area contributed by atoms with Crippen molar-refractivity contribution in [2.75, 3.05) is 5.75 Å². The molecule has 2 rings (SSSR count). The van der Waals surface area contributed by atoms with E-state index in [9.17, 15) is 22.4 Å². The first-order valence-corrected chi connectivity index (χ1v) is 6.52. The Labute approximate surface area is 116 Å². The fraction of sp³-hybridized carbons (Fsp3) is 0.0714. The molecular formula is C14H8F4OS. The van der Waals surface area contributed by atoms with E-state index in [1.165, 1.54) is 0 Å². The standard InChI is InChI=1S/C14H8F4OS/c15-8-1-3-11(17)10(5-8)13(19)7-20-14-6-9(16)2-4-12(14)18/h1-6H,7H2. The van der Waals surface area contributed by atoms with Gasteiger partial charge in [-0.15, -0.1) is 11.8 Å². The van der Waals surface area contributed by atoms with Crippen LogP contribution in [0.5, 0.6) is 0 Å². The lowest BCUT2D eigenvalue weighted by Gasteiger charge is -2.04. The average molecular weight is 300 g/mol. The van der Waals surface area contributed by atoms with Crippen LogP contribution in [0.25, 0.3) is 0 Å². The SMILES string of the molecule is O=C(CSc1cc(F)ccc1F)c1cc(F)ccc1F. The summed E-state index contributed by atoms with van der Waals surface area (Å²) in [5.74, 6) is -3.92. The topological polar surface area (TPSA) is 17.1 Å². The van der Waals surface area contributed by atoms with Crippen molar-refractivity contribution in [3.63, 3.8) is 0 Å². The van der Waals surface area contributed by atoms with Crippen molar-refractivity contribution in [1.29, 1.82) is 0 Å². The van der Waals surface area contributed by atoms with Gasteiger partial charge in [-0.2, -0.15) is 0 Å². The van der Waals surface area contributed by atoms with Gasteiger partial charge in [0.2, 0.25) is 0 Å². The molecule has 0 aliphatic carbocycles. The van der Waals surface area contributed by atoms with Gasteiger partial charge in [0.25, 0.3) is 0 Å². The number of benzene rings is 2. The molecule has 0 saturated heterocycles. The molecular weight excluding hydrogens is 292 g/mol. The van der Waals surface area contributed by atoms with Gasteiger partial charge < -0.3 is 0 Å². The lowest BCUT2D eigenvalue weighted by atomic mass is 10.1. The molecule has 0 N–H and O–H groups in total. The third-order valence-corrected chi connectivity index (χ3v) is 3.51. The molecule has 0 radical (unpaired) electrons. The summed E-state index contributed by atoms with van der Waals surface area (Å²) in [6.07, 6.45) is 0. The Balaban J connectivity index is 2.12. The lowest BCUT2D eigenvalue weighted by Crippen LogP contribution is -2.06. The van der Waals surface area contributed by atoms with Crippen LogP contribution >= 0.6 is 11.8 Å². The first kappa shape index (κ1) is 14.6. The molecule has 0 amide bonds. The smallest absolute Gasteiger partial charge is 0.176 e. The average Bonchev–Trinajstić information content (AvgIpc) is 2.42. The Bertz CT molecular complexity index is 658. The summed E-state index contributed by atoms with van der Waals surface area (Å²) in [6.45, 7) is 0. The molecule has 0 atom stereocenters. The molecule has 0 spiro atoms. The molecule has 6 heteroatoms. The fourth-order valence-corrected chi connectivity index (χ4v) is 2.36. The molecule has 0 aliphatic rings. The van der Waals surface area contributed by atoms with Crippen LogP contribution in [0, 0.1) is 23.3 Å². The Morgan fingerprint density at radius 3 is 2.20 bits per heavy atom. The Kier molecular flexibility index (Phi) is 4.44. The van der Waals surface area contributed by atoms with Crippen molar-refractivity contribution >= 4 is 17.5 Å². The normalized spacial score (nSPS) is 10.6. The van der Waals surface area contributed by atoms with E-state index in [0.29, 0.717) is 0 Å². The van der Waals surface area contributed by atoms with Gasteiger partial charge in [-0.3, -0.25) is 4.79 Å². The van der Waals surface area contributed by atoms with Gasteiger partial charge in [0, 0.05) is 4.90 Å². The molecule has 0 bridgehead atoms. The maximum atomic E-state index is 13.4. The van der Waals surface area contributed by atoms with Crippen LogP contribution in [0.2, 0.25) is 0 Å². The molecule has 0 fully saturated rings. The van der Waals surface area contributed by atoms with Gasteiger partial charge >= 0.3 is 0 Å². The molecule has 1 nitrogen and oxygen atoms in total. The Morgan fingerprint density at radius 1 is 0.900 bits per heavy atom. The third kappa shape index (κ3) is 3.39. The first-order chi connectivity index (χ1) is 9.47. The van der Waals surface area contributed by atoms with Crippen molar-refractivity contribution in [2.45, 2.75) is 4.90 Å². The summed E-state index contributed by atoms with van der Waals surface area (Å²) in [6, 6.07) is 5.34. The molecule has 0 unspecified atom stereocenters. The van der Waals surface area contributed by atoms with Crippen LogP contribution < -0.4 is 0 Å². The molecule has 104 valence electrons. The number of rotatable bonds is 4. The number of halogens is 4. The number of hydrogen-bond donors (Lipinski definition) is 0. The quantitative estimate of drug-likeness (QED) is 0.478. The summed E-state index contributed by atoms with van der Waals surface area (Å²) < 4.78 is 52.6. The predicted molar refractivity (Wildman–Crippen MR) is 67.8 cm³/mol. The van der Waals surface area contributed by atoms with Gasteiger partial charge in [0.05, 0.1) is 11.3 Å². The van der Waals surface area contributed by atoms with Gasteiger partial charge in [-0.1, -0.05) is 0 Å². The zero-order valence-corrected chi connectivity index (χ0v) is 10.8. The molecule has 20 heavy (non-hydrogen) atoms. The number of ketones is 1. The van der Waals surface area contributed by atoms with E-state index in [-0.39, 0.29) is 10.6 Å².